The van der Waals surface area contributed by atoms with Gasteiger partial charge in [0.15, 0.2) is 0 Å². The fourth-order valence-corrected chi connectivity index (χ4v) is 3.10. The van der Waals surface area contributed by atoms with Crippen molar-refractivity contribution in [2.24, 2.45) is 0 Å². The second kappa shape index (κ2) is 4.43. The van der Waals surface area contributed by atoms with Crippen molar-refractivity contribution >= 4 is 21.6 Å². The van der Waals surface area contributed by atoms with E-state index in [1.165, 1.54) is 16.9 Å². The lowest BCUT2D eigenvalue weighted by Gasteiger charge is -2.17. The van der Waals surface area contributed by atoms with Crippen molar-refractivity contribution in [1.82, 2.24) is 9.78 Å². The zero-order valence-electron chi connectivity index (χ0n) is 10.5. The number of aromatic nitrogens is 2. The smallest absolute Gasteiger partial charge is 0.0755 e. The monoisotopic (exact) mass is 305 g/mol. The topological polar surface area (TPSA) is 29.9 Å². The quantitative estimate of drug-likeness (QED) is 0.911. The largest absolute Gasteiger partial charge is 0.376 e. The van der Waals surface area contributed by atoms with Gasteiger partial charge in [0.05, 0.1) is 22.4 Å². The van der Waals surface area contributed by atoms with E-state index in [1.807, 2.05) is 6.20 Å². The number of hydrogen-bond acceptors (Lipinski definition) is 2. The molecule has 0 bridgehead atoms. The Bertz CT molecular complexity index is 549. The molecule has 1 N–H and O–H groups in total. The number of benzene rings is 1. The molecular weight excluding hydrogens is 290 g/mol. The predicted octanol–water partition coefficient (Wildman–Crippen LogP) is 3.94. The van der Waals surface area contributed by atoms with Crippen LogP contribution in [0, 0.1) is 0 Å². The van der Waals surface area contributed by atoms with Crippen LogP contribution in [-0.4, -0.2) is 9.78 Å². The first-order valence-corrected chi connectivity index (χ1v) is 7.03. The van der Waals surface area contributed by atoms with Crippen LogP contribution in [0.3, 0.4) is 0 Å². The first-order chi connectivity index (χ1) is 8.66. The van der Waals surface area contributed by atoms with Crippen LogP contribution in [0.1, 0.15) is 37.2 Å². The average molecular weight is 306 g/mol. The molecule has 2 aromatic rings. The maximum atomic E-state index is 4.45. The molecule has 3 rings (SSSR count). The second-order valence-corrected chi connectivity index (χ2v) is 5.83. The van der Waals surface area contributed by atoms with Crippen LogP contribution in [0.5, 0.6) is 0 Å². The van der Waals surface area contributed by atoms with Gasteiger partial charge in [-0.05, 0) is 41.4 Å². The Morgan fingerprint density at radius 3 is 2.89 bits per heavy atom. The van der Waals surface area contributed by atoms with Gasteiger partial charge in [0, 0.05) is 18.2 Å². The molecule has 1 unspecified atom stereocenters. The summed E-state index contributed by atoms with van der Waals surface area (Å²) in [6, 6.07) is 9.17. The number of para-hydroxylation sites is 1. The summed E-state index contributed by atoms with van der Waals surface area (Å²) >= 11 is 3.62. The third kappa shape index (κ3) is 1.85. The normalized spacial score (nSPS) is 17.9. The summed E-state index contributed by atoms with van der Waals surface area (Å²) in [6.45, 7) is 4.32. The van der Waals surface area contributed by atoms with Gasteiger partial charge in [0.25, 0.3) is 0 Å². The molecular formula is C14H16BrN3. The Balaban J connectivity index is 1.97. The Morgan fingerprint density at radius 2 is 2.17 bits per heavy atom. The van der Waals surface area contributed by atoms with Gasteiger partial charge < -0.3 is 5.32 Å². The minimum absolute atomic E-state index is 0.307. The Labute approximate surface area is 115 Å². The average Bonchev–Trinajstić information content (AvgIpc) is 2.91. The van der Waals surface area contributed by atoms with Crippen LogP contribution in [0.25, 0.3) is 0 Å². The lowest BCUT2D eigenvalue weighted by Crippen LogP contribution is -2.15. The molecule has 4 heteroatoms. The molecule has 94 valence electrons. The maximum absolute atomic E-state index is 4.45. The molecule has 0 aliphatic carbocycles. The summed E-state index contributed by atoms with van der Waals surface area (Å²) < 4.78 is 3.18. The molecule has 0 spiro atoms. The molecule has 1 atom stereocenters. The minimum Gasteiger partial charge on any atom is -0.376 e. The van der Waals surface area contributed by atoms with Crippen LogP contribution in [-0.2, 0) is 6.42 Å². The summed E-state index contributed by atoms with van der Waals surface area (Å²) in [7, 11) is 0. The molecule has 1 aromatic carbocycles. The van der Waals surface area contributed by atoms with Crippen LogP contribution < -0.4 is 5.32 Å². The molecule has 0 saturated carbocycles. The zero-order valence-corrected chi connectivity index (χ0v) is 12.1. The van der Waals surface area contributed by atoms with Gasteiger partial charge in [-0.25, -0.2) is 0 Å². The number of halogens is 1. The molecule has 0 fully saturated rings. The minimum atomic E-state index is 0.307. The van der Waals surface area contributed by atoms with Gasteiger partial charge in [0.2, 0.25) is 0 Å². The van der Waals surface area contributed by atoms with E-state index >= 15 is 0 Å². The van der Waals surface area contributed by atoms with E-state index in [0.717, 1.165) is 10.9 Å². The SMILES string of the molecule is CC(C)n1ncc(Br)c1C1Cc2ccccc2N1. The van der Waals surface area contributed by atoms with E-state index in [9.17, 15) is 0 Å². The fraction of sp³-hybridized carbons (Fsp3) is 0.357. The molecule has 0 saturated heterocycles. The van der Waals surface area contributed by atoms with E-state index < -0.39 is 0 Å². The highest BCUT2D eigenvalue weighted by Crippen LogP contribution is 2.37. The zero-order chi connectivity index (χ0) is 12.7. The number of nitrogens with one attached hydrogen (secondary N) is 1. The van der Waals surface area contributed by atoms with Gasteiger partial charge in [-0.1, -0.05) is 18.2 Å². The molecule has 1 aliphatic heterocycles. The van der Waals surface area contributed by atoms with Crippen molar-refractivity contribution in [1.29, 1.82) is 0 Å². The van der Waals surface area contributed by atoms with Crippen LogP contribution in [0.4, 0.5) is 5.69 Å². The highest BCUT2D eigenvalue weighted by Gasteiger charge is 2.27. The molecule has 1 aliphatic rings. The Morgan fingerprint density at radius 1 is 1.39 bits per heavy atom. The van der Waals surface area contributed by atoms with E-state index in [0.29, 0.717) is 12.1 Å². The van der Waals surface area contributed by atoms with E-state index in [-0.39, 0.29) is 0 Å². The third-order valence-electron chi connectivity index (χ3n) is 3.38. The van der Waals surface area contributed by atoms with Crippen molar-refractivity contribution < 1.29 is 0 Å². The molecule has 0 amide bonds. The van der Waals surface area contributed by atoms with E-state index in [2.05, 4.69) is 69.1 Å². The number of fused-ring (bicyclic) bond motifs is 1. The van der Waals surface area contributed by atoms with Gasteiger partial charge in [-0.2, -0.15) is 5.10 Å². The van der Waals surface area contributed by atoms with Crippen LogP contribution in [0.2, 0.25) is 0 Å². The second-order valence-electron chi connectivity index (χ2n) is 4.97. The van der Waals surface area contributed by atoms with Crippen molar-refractivity contribution in [3.05, 3.63) is 46.2 Å². The Kier molecular flexibility index (Phi) is 2.90. The Hall–Kier alpha value is -1.29. The predicted molar refractivity (Wildman–Crippen MR) is 76.8 cm³/mol. The van der Waals surface area contributed by atoms with Crippen LogP contribution >= 0.6 is 15.9 Å². The van der Waals surface area contributed by atoms with Crippen molar-refractivity contribution in [2.45, 2.75) is 32.4 Å². The van der Waals surface area contributed by atoms with Gasteiger partial charge in [-0.15, -0.1) is 0 Å². The van der Waals surface area contributed by atoms with E-state index in [4.69, 9.17) is 0 Å². The number of rotatable bonds is 2. The lowest BCUT2D eigenvalue weighted by molar-refractivity contribution is 0.495. The molecule has 3 nitrogen and oxygen atoms in total. The van der Waals surface area contributed by atoms with Crippen molar-refractivity contribution in [3.8, 4) is 0 Å². The van der Waals surface area contributed by atoms with Gasteiger partial charge >= 0.3 is 0 Å². The summed E-state index contributed by atoms with van der Waals surface area (Å²) in [4.78, 5) is 0. The molecule has 2 heterocycles. The standard InChI is InChI=1S/C14H16BrN3/c1-9(2)18-14(11(15)8-16-18)13-7-10-5-3-4-6-12(10)17-13/h3-6,8-9,13,17H,7H2,1-2H3. The number of hydrogen-bond donors (Lipinski definition) is 1. The summed E-state index contributed by atoms with van der Waals surface area (Å²) in [5.41, 5.74) is 3.86. The lowest BCUT2D eigenvalue weighted by atomic mass is 10.1. The maximum Gasteiger partial charge on any atom is 0.0755 e. The van der Waals surface area contributed by atoms with Gasteiger partial charge in [0.1, 0.15) is 0 Å². The summed E-state index contributed by atoms with van der Waals surface area (Å²) in [5, 5.41) is 8.03. The molecule has 18 heavy (non-hydrogen) atoms. The fourth-order valence-electron chi connectivity index (χ4n) is 2.55. The van der Waals surface area contributed by atoms with Crippen molar-refractivity contribution in [2.75, 3.05) is 5.32 Å². The van der Waals surface area contributed by atoms with Crippen LogP contribution in [0.15, 0.2) is 34.9 Å². The summed E-state index contributed by atoms with van der Waals surface area (Å²) in [5.74, 6) is 0. The highest BCUT2D eigenvalue weighted by atomic mass is 79.9. The van der Waals surface area contributed by atoms with E-state index in [1.54, 1.807) is 0 Å². The first-order valence-electron chi connectivity index (χ1n) is 6.24. The molecule has 0 radical (unpaired) electrons. The van der Waals surface area contributed by atoms with Gasteiger partial charge in [-0.3, -0.25) is 4.68 Å². The first kappa shape index (κ1) is 11.8. The third-order valence-corrected chi connectivity index (χ3v) is 3.99. The number of nitrogens with zero attached hydrogens (tertiary/aromatic N) is 2. The summed E-state index contributed by atoms with van der Waals surface area (Å²) in [6.07, 6.45) is 2.91. The highest BCUT2D eigenvalue weighted by molar-refractivity contribution is 9.10. The van der Waals surface area contributed by atoms with Crippen molar-refractivity contribution in [3.63, 3.8) is 0 Å². The molecule has 1 aromatic heterocycles. The number of anilines is 1.